The van der Waals surface area contributed by atoms with Crippen LogP contribution in [-0.4, -0.2) is 71.7 Å². The fourth-order valence-electron chi connectivity index (χ4n) is 11.5. The molecular formula is C64H78N6O4PS+. The number of amides is 2. The number of fused-ring (bicyclic) bond motifs is 6. The molecule has 10 nitrogen and oxygen atoms in total. The van der Waals surface area contributed by atoms with E-state index in [1.54, 1.807) is 11.8 Å². The molecule has 0 radical (unpaired) electrons. The second-order valence-corrected chi connectivity index (χ2v) is 24.1. The van der Waals surface area contributed by atoms with Gasteiger partial charge in [-0.25, -0.2) is 4.67 Å². The molecule has 5 aromatic rings. The topological polar surface area (TPSA) is 110 Å². The Kier molecular flexibility index (Phi) is 18.6. The summed E-state index contributed by atoms with van der Waals surface area (Å²) in [5, 5.41) is 20.2. The highest BCUT2D eigenvalue weighted by Gasteiger charge is 2.45. The van der Waals surface area contributed by atoms with Gasteiger partial charge in [0.15, 0.2) is 5.71 Å². The van der Waals surface area contributed by atoms with Gasteiger partial charge >= 0.3 is 0 Å². The number of nitriles is 1. The summed E-state index contributed by atoms with van der Waals surface area (Å²) in [4.78, 5) is 30.7. The normalized spacial score (nSPS) is 17.3. The van der Waals surface area contributed by atoms with E-state index in [0.717, 1.165) is 36.5 Å². The van der Waals surface area contributed by atoms with E-state index >= 15 is 0 Å². The summed E-state index contributed by atoms with van der Waals surface area (Å²) in [6.45, 7) is 25.4. The number of nitrogens with one attached hydrogen (secondary N) is 2. The van der Waals surface area contributed by atoms with E-state index in [1.807, 2.05) is 12.1 Å². The van der Waals surface area contributed by atoms with Gasteiger partial charge in [0, 0.05) is 88.0 Å². The van der Waals surface area contributed by atoms with Gasteiger partial charge in [-0.15, -0.1) is 0 Å². The summed E-state index contributed by atoms with van der Waals surface area (Å²) < 4.78 is 16.8. The largest absolute Gasteiger partial charge is 0.356 e. The summed E-state index contributed by atoms with van der Waals surface area (Å²) in [6.07, 6.45) is 13.3. The third-order valence-electron chi connectivity index (χ3n) is 14.9. The summed E-state index contributed by atoms with van der Waals surface area (Å²) in [7, 11) is -1.32. The number of allylic oxidation sites excluding steroid dienone is 7. The molecule has 2 heterocycles. The Morgan fingerprint density at radius 3 is 2.12 bits per heavy atom. The zero-order chi connectivity index (χ0) is 54.1. The van der Waals surface area contributed by atoms with Crippen molar-refractivity contribution in [2.24, 2.45) is 0 Å². The number of anilines is 2. The molecular weight excluding hydrogens is 980 g/mol. The van der Waals surface area contributed by atoms with Gasteiger partial charge in [0.25, 0.3) is 8.53 Å². The Morgan fingerprint density at radius 1 is 0.789 bits per heavy atom. The van der Waals surface area contributed by atoms with Crippen molar-refractivity contribution in [3.8, 4) is 6.07 Å². The molecule has 0 fully saturated rings. The predicted octanol–water partition coefficient (Wildman–Crippen LogP) is 15.3. The lowest BCUT2D eigenvalue weighted by Gasteiger charge is -2.35. The van der Waals surface area contributed by atoms with Crippen LogP contribution in [0.25, 0.3) is 21.5 Å². The van der Waals surface area contributed by atoms with Crippen molar-refractivity contribution in [2.45, 2.75) is 142 Å². The molecule has 0 saturated carbocycles. The minimum absolute atomic E-state index is 0.0898. The van der Waals surface area contributed by atoms with Gasteiger partial charge in [0.1, 0.15) is 6.54 Å². The van der Waals surface area contributed by atoms with Gasteiger partial charge in [0.05, 0.1) is 31.1 Å². The van der Waals surface area contributed by atoms with Gasteiger partial charge in [-0.1, -0.05) is 92.4 Å². The van der Waals surface area contributed by atoms with E-state index in [-0.39, 0.29) is 47.6 Å². The maximum absolute atomic E-state index is 13.1. The first-order chi connectivity index (χ1) is 36.6. The molecule has 5 aromatic carbocycles. The van der Waals surface area contributed by atoms with Crippen LogP contribution >= 0.6 is 20.3 Å². The average molecular weight is 1060 g/mol. The molecule has 1 aliphatic carbocycles. The van der Waals surface area contributed by atoms with Crippen molar-refractivity contribution < 1.29 is 23.2 Å². The molecule has 0 bridgehead atoms. The molecule has 12 heteroatoms. The summed E-state index contributed by atoms with van der Waals surface area (Å²) in [5.41, 5.74) is 11.0. The van der Waals surface area contributed by atoms with Crippen LogP contribution in [-0.2, 0) is 29.5 Å². The van der Waals surface area contributed by atoms with Crippen LogP contribution < -0.4 is 15.5 Å². The van der Waals surface area contributed by atoms with Crippen molar-refractivity contribution in [1.82, 2.24) is 9.99 Å². The molecule has 76 heavy (non-hydrogen) atoms. The number of hydrogen-bond donors (Lipinski definition) is 2. The summed E-state index contributed by atoms with van der Waals surface area (Å²) in [6, 6.07) is 37.4. The Labute approximate surface area is 458 Å². The van der Waals surface area contributed by atoms with Gasteiger partial charge in [-0.3, -0.25) is 9.59 Å². The number of rotatable bonds is 23. The third-order valence-corrected chi connectivity index (χ3v) is 18.3. The Balaban J connectivity index is 0.951. The van der Waals surface area contributed by atoms with Gasteiger partial charge in [0.2, 0.25) is 17.5 Å². The minimum atomic E-state index is -1.32. The first-order valence-electron chi connectivity index (χ1n) is 27.4. The molecule has 3 aliphatic rings. The number of benzene rings is 5. The van der Waals surface area contributed by atoms with Crippen LogP contribution in [0.1, 0.15) is 125 Å². The van der Waals surface area contributed by atoms with Crippen LogP contribution in [0.15, 0.2) is 148 Å². The number of carbonyl (C=O) groups is 2. The Hall–Kier alpha value is -5.86. The number of thioether (sulfide) groups is 1. The van der Waals surface area contributed by atoms with Crippen LogP contribution in [0.4, 0.5) is 17.1 Å². The number of carbonyl (C=O) groups excluding carboxylic acids is 2. The van der Waals surface area contributed by atoms with Gasteiger partial charge in [-0.05, 0) is 162 Å². The molecule has 0 saturated heterocycles. The first-order valence-corrected chi connectivity index (χ1v) is 29.4. The number of nitrogens with zero attached hydrogens (tertiary/aromatic N) is 4. The van der Waals surface area contributed by atoms with Gasteiger partial charge < -0.3 is 24.6 Å². The highest BCUT2D eigenvalue weighted by atomic mass is 32.2. The smallest absolute Gasteiger partial charge is 0.259 e. The fraction of sp³-hybridized carbons (Fsp3) is 0.406. The molecule has 0 aromatic heterocycles. The lowest BCUT2D eigenvalue weighted by molar-refractivity contribution is -0.433. The van der Waals surface area contributed by atoms with E-state index in [2.05, 4.69) is 209 Å². The average Bonchev–Trinajstić information content (AvgIpc) is 3.96. The SMILES string of the molecule is CCN1/C(=C/C=C2\CCC(/C=C/C3=[N+](CC)c4ccc5ccccc5c4C3(C)C)=C2Sc2ccc(NC(=O)CCCC(=O)NCCCOP(OCCC#N)N(C(C)C)C(C)C)cc2)C(C)(C)c2c1ccc1ccccc21. The molecule has 0 spiro atoms. The van der Waals surface area contributed by atoms with Crippen molar-refractivity contribution in [3.63, 3.8) is 0 Å². The first kappa shape index (κ1) is 56.3. The molecule has 398 valence electrons. The van der Waals surface area contributed by atoms with Crippen molar-refractivity contribution >= 4 is 76.4 Å². The van der Waals surface area contributed by atoms with Crippen molar-refractivity contribution in [1.29, 1.82) is 5.26 Å². The highest BCUT2D eigenvalue weighted by molar-refractivity contribution is 8.03. The van der Waals surface area contributed by atoms with E-state index in [0.29, 0.717) is 39.0 Å². The van der Waals surface area contributed by atoms with E-state index in [1.165, 1.54) is 71.5 Å². The summed E-state index contributed by atoms with van der Waals surface area (Å²) in [5.74, 6) is -0.210. The maximum Gasteiger partial charge on any atom is 0.259 e. The fourth-order valence-corrected chi connectivity index (χ4v) is 14.2. The number of hydrogen-bond acceptors (Lipinski definition) is 8. The lowest BCUT2D eigenvalue weighted by Crippen LogP contribution is -2.34. The highest BCUT2D eigenvalue weighted by Crippen LogP contribution is 2.52. The van der Waals surface area contributed by atoms with Gasteiger partial charge in [-0.2, -0.15) is 9.84 Å². The maximum atomic E-state index is 13.1. The second kappa shape index (κ2) is 25.1. The Morgan fingerprint density at radius 2 is 1.45 bits per heavy atom. The molecule has 1 unspecified atom stereocenters. The van der Waals surface area contributed by atoms with E-state index in [9.17, 15) is 9.59 Å². The second-order valence-electron chi connectivity index (χ2n) is 21.5. The quantitative estimate of drug-likeness (QED) is 0.0378. The van der Waals surface area contributed by atoms with Crippen molar-refractivity contribution in [2.75, 3.05) is 43.1 Å². The molecule has 2 amide bonds. The zero-order valence-corrected chi connectivity index (χ0v) is 48.2. The number of likely N-dealkylation sites (N-methyl/N-ethyl adjacent to an activating group) is 1. The molecule has 2 N–H and O–H groups in total. The van der Waals surface area contributed by atoms with E-state index < -0.39 is 8.53 Å². The monoisotopic (exact) mass is 1060 g/mol. The van der Waals surface area contributed by atoms with Crippen LogP contribution in [0.3, 0.4) is 0 Å². The van der Waals surface area contributed by atoms with E-state index in [4.69, 9.17) is 14.3 Å². The summed E-state index contributed by atoms with van der Waals surface area (Å²) >= 11 is 1.80. The van der Waals surface area contributed by atoms with Crippen LogP contribution in [0.2, 0.25) is 0 Å². The van der Waals surface area contributed by atoms with Crippen LogP contribution in [0, 0.1) is 11.3 Å². The van der Waals surface area contributed by atoms with Crippen LogP contribution in [0.5, 0.6) is 0 Å². The predicted molar refractivity (Wildman–Crippen MR) is 318 cm³/mol. The molecule has 1 atom stereocenters. The molecule has 2 aliphatic heterocycles. The third kappa shape index (κ3) is 12.3. The zero-order valence-electron chi connectivity index (χ0n) is 46.5. The Bertz CT molecular complexity index is 3140. The van der Waals surface area contributed by atoms with Crippen molar-refractivity contribution in [3.05, 3.63) is 154 Å². The minimum Gasteiger partial charge on any atom is -0.356 e. The standard InChI is InChI=1S/C64H77N6O4PS/c1-11-68-54-36-28-46-20-13-15-22-52(46)60(54)63(7,8)56(68)38-30-48-26-27-49(31-39-57-64(9,10)61-53-23-16-14-21-47(53)29-37-55(61)69(57)12-2)62(48)76-51-34-32-50(33-35-51)67-59(72)25-17-24-58(71)66-41-19-43-74-75(73-42-18-40-65)70(44(3)4)45(5)6/h13-16,20-23,28-39,44-45H,11-12,17-19,24-27,41-43H2,1-10H3,(H-,66,67,71,72)/p+1. The molecule has 8 rings (SSSR count). The lowest BCUT2D eigenvalue weighted by atomic mass is 9.79.